The van der Waals surface area contributed by atoms with Crippen molar-refractivity contribution < 1.29 is 0 Å². The van der Waals surface area contributed by atoms with Crippen LogP contribution in [0.25, 0.3) is 0 Å². The lowest BCUT2D eigenvalue weighted by Crippen LogP contribution is -2.16. The molecule has 0 aliphatic heterocycles. The van der Waals surface area contributed by atoms with E-state index in [0.717, 1.165) is 11.6 Å². The molecule has 0 saturated heterocycles. The molecule has 15 heavy (non-hydrogen) atoms. The van der Waals surface area contributed by atoms with Gasteiger partial charge in [0.2, 0.25) is 0 Å². The molecule has 0 spiro atoms. The van der Waals surface area contributed by atoms with Gasteiger partial charge in [0.15, 0.2) is 0 Å². The predicted octanol–water partition coefficient (Wildman–Crippen LogP) is 3.63. The minimum absolute atomic E-state index is 0.523. The van der Waals surface area contributed by atoms with Gasteiger partial charge in [-0.25, -0.2) is 0 Å². The average Bonchev–Trinajstić information content (AvgIpc) is 2.18. The Labute approximate surface area is 93.1 Å². The minimum Gasteiger partial charge on any atom is -0.381 e. The Balaban J connectivity index is 2.44. The highest BCUT2D eigenvalue weighted by atomic mass is 14.9. The Morgan fingerprint density at radius 2 is 2.00 bits per heavy atom. The average molecular weight is 206 g/mol. The molecule has 1 aromatic rings. The van der Waals surface area contributed by atoms with Crippen molar-refractivity contribution in [2.75, 3.05) is 5.32 Å². The quantitative estimate of drug-likeness (QED) is 0.795. The summed E-state index contributed by atoms with van der Waals surface area (Å²) in [5.41, 5.74) is 2.43. The van der Waals surface area contributed by atoms with Crippen molar-refractivity contribution in [3.05, 3.63) is 24.0 Å². The summed E-state index contributed by atoms with van der Waals surface area (Å²) in [6.45, 7) is 8.87. The van der Waals surface area contributed by atoms with Crippen LogP contribution in [0.1, 0.15) is 39.2 Å². The number of nitrogens with one attached hydrogen (secondary N) is 1. The van der Waals surface area contributed by atoms with E-state index in [9.17, 15) is 0 Å². The first-order chi connectivity index (χ1) is 7.09. The predicted molar refractivity (Wildman–Crippen MR) is 66.1 cm³/mol. The van der Waals surface area contributed by atoms with Gasteiger partial charge in [0, 0.05) is 12.2 Å². The van der Waals surface area contributed by atoms with Gasteiger partial charge in [-0.15, -0.1) is 0 Å². The molecule has 2 nitrogen and oxygen atoms in total. The Kier molecular flexibility index (Phi) is 4.60. The van der Waals surface area contributed by atoms with E-state index in [1.54, 1.807) is 0 Å². The van der Waals surface area contributed by atoms with Crippen molar-refractivity contribution in [2.45, 2.75) is 46.6 Å². The standard InChI is InChI=1S/C13H22N2/c1-10(2)5-6-12(4)15-13-9-14-8-7-11(13)3/h7-10,12,15H,5-6H2,1-4H3/t12-/m1/s1. The number of aromatic nitrogens is 1. The van der Waals surface area contributed by atoms with Crippen LogP contribution in [0.2, 0.25) is 0 Å². The smallest absolute Gasteiger partial charge is 0.0558 e. The SMILES string of the molecule is Cc1ccncc1N[C@H](C)CCC(C)C. The van der Waals surface area contributed by atoms with Gasteiger partial charge in [-0.2, -0.15) is 0 Å². The maximum Gasteiger partial charge on any atom is 0.0558 e. The Hall–Kier alpha value is -1.05. The molecule has 0 amide bonds. The van der Waals surface area contributed by atoms with E-state index in [4.69, 9.17) is 0 Å². The maximum absolute atomic E-state index is 4.13. The van der Waals surface area contributed by atoms with Crippen LogP contribution < -0.4 is 5.32 Å². The molecule has 0 saturated carbocycles. The summed E-state index contributed by atoms with van der Waals surface area (Å²) in [5.74, 6) is 0.782. The third kappa shape index (κ3) is 4.32. The Bertz CT molecular complexity index is 294. The van der Waals surface area contributed by atoms with E-state index in [1.807, 2.05) is 18.5 Å². The second-order valence-corrected chi connectivity index (χ2v) is 4.71. The van der Waals surface area contributed by atoms with Crippen LogP contribution in [0.3, 0.4) is 0 Å². The van der Waals surface area contributed by atoms with Crippen LogP contribution >= 0.6 is 0 Å². The van der Waals surface area contributed by atoms with Crippen LogP contribution in [0.5, 0.6) is 0 Å². The maximum atomic E-state index is 4.13. The van der Waals surface area contributed by atoms with Crippen molar-refractivity contribution in [2.24, 2.45) is 5.92 Å². The topological polar surface area (TPSA) is 24.9 Å². The summed E-state index contributed by atoms with van der Waals surface area (Å²) >= 11 is 0. The Morgan fingerprint density at radius 1 is 1.27 bits per heavy atom. The van der Waals surface area contributed by atoms with Crippen molar-refractivity contribution in [3.8, 4) is 0 Å². The second-order valence-electron chi connectivity index (χ2n) is 4.71. The first kappa shape index (κ1) is 12.0. The van der Waals surface area contributed by atoms with Gasteiger partial charge in [0.25, 0.3) is 0 Å². The van der Waals surface area contributed by atoms with Gasteiger partial charge in [-0.3, -0.25) is 4.98 Å². The number of hydrogen-bond acceptors (Lipinski definition) is 2. The fourth-order valence-electron chi connectivity index (χ4n) is 1.54. The van der Waals surface area contributed by atoms with Crippen LogP contribution in [-0.4, -0.2) is 11.0 Å². The fourth-order valence-corrected chi connectivity index (χ4v) is 1.54. The third-order valence-electron chi connectivity index (χ3n) is 2.62. The van der Waals surface area contributed by atoms with Crippen LogP contribution in [-0.2, 0) is 0 Å². The number of nitrogens with zero attached hydrogens (tertiary/aromatic N) is 1. The summed E-state index contributed by atoms with van der Waals surface area (Å²) in [5, 5.41) is 3.50. The summed E-state index contributed by atoms with van der Waals surface area (Å²) in [6.07, 6.45) is 6.22. The molecule has 1 rings (SSSR count). The number of hydrogen-bond donors (Lipinski definition) is 1. The summed E-state index contributed by atoms with van der Waals surface area (Å²) < 4.78 is 0. The van der Waals surface area contributed by atoms with Gasteiger partial charge in [0.1, 0.15) is 0 Å². The highest BCUT2D eigenvalue weighted by Crippen LogP contribution is 2.15. The van der Waals surface area contributed by atoms with E-state index < -0.39 is 0 Å². The first-order valence-corrected chi connectivity index (χ1v) is 5.76. The molecule has 0 aromatic carbocycles. The molecular formula is C13H22N2. The molecule has 1 N–H and O–H groups in total. The van der Waals surface area contributed by atoms with E-state index in [2.05, 4.69) is 38.0 Å². The van der Waals surface area contributed by atoms with Gasteiger partial charge in [-0.05, 0) is 44.2 Å². The van der Waals surface area contributed by atoms with Gasteiger partial charge in [-0.1, -0.05) is 13.8 Å². The summed E-state index contributed by atoms with van der Waals surface area (Å²) in [4.78, 5) is 4.13. The highest BCUT2D eigenvalue weighted by Gasteiger charge is 2.05. The van der Waals surface area contributed by atoms with Crippen molar-refractivity contribution in [1.82, 2.24) is 4.98 Å². The molecule has 1 atom stereocenters. The molecule has 84 valence electrons. The largest absolute Gasteiger partial charge is 0.381 e. The summed E-state index contributed by atoms with van der Waals surface area (Å²) in [7, 11) is 0. The fraction of sp³-hybridized carbons (Fsp3) is 0.615. The van der Waals surface area contributed by atoms with Crippen molar-refractivity contribution in [3.63, 3.8) is 0 Å². The molecule has 0 aliphatic carbocycles. The monoisotopic (exact) mass is 206 g/mol. The van der Waals surface area contributed by atoms with Crippen LogP contribution in [0.4, 0.5) is 5.69 Å². The molecule has 0 bridgehead atoms. The zero-order valence-electron chi connectivity index (χ0n) is 10.2. The molecule has 0 radical (unpaired) electrons. The lowest BCUT2D eigenvalue weighted by molar-refractivity contribution is 0.527. The van der Waals surface area contributed by atoms with E-state index in [0.29, 0.717) is 6.04 Å². The lowest BCUT2D eigenvalue weighted by atomic mass is 10.0. The number of pyridine rings is 1. The first-order valence-electron chi connectivity index (χ1n) is 5.76. The number of rotatable bonds is 5. The van der Waals surface area contributed by atoms with E-state index >= 15 is 0 Å². The second kappa shape index (κ2) is 5.74. The van der Waals surface area contributed by atoms with Gasteiger partial charge >= 0.3 is 0 Å². The zero-order valence-corrected chi connectivity index (χ0v) is 10.2. The zero-order chi connectivity index (χ0) is 11.3. The molecule has 2 heteroatoms. The number of anilines is 1. The Morgan fingerprint density at radius 3 is 2.60 bits per heavy atom. The normalized spacial score (nSPS) is 12.9. The highest BCUT2D eigenvalue weighted by molar-refractivity contribution is 5.48. The van der Waals surface area contributed by atoms with E-state index in [1.165, 1.54) is 18.4 Å². The van der Waals surface area contributed by atoms with Gasteiger partial charge in [0.05, 0.1) is 11.9 Å². The van der Waals surface area contributed by atoms with E-state index in [-0.39, 0.29) is 0 Å². The molecule has 0 aliphatic rings. The molecular weight excluding hydrogens is 184 g/mol. The molecule has 1 aromatic heterocycles. The number of aryl methyl sites for hydroxylation is 1. The minimum atomic E-state index is 0.523. The van der Waals surface area contributed by atoms with Crippen molar-refractivity contribution >= 4 is 5.69 Å². The summed E-state index contributed by atoms with van der Waals surface area (Å²) in [6, 6.07) is 2.56. The van der Waals surface area contributed by atoms with Crippen LogP contribution in [0.15, 0.2) is 18.5 Å². The lowest BCUT2D eigenvalue weighted by Gasteiger charge is -2.17. The van der Waals surface area contributed by atoms with Gasteiger partial charge < -0.3 is 5.32 Å². The molecule has 1 heterocycles. The van der Waals surface area contributed by atoms with Crippen LogP contribution in [0, 0.1) is 12.8 Å². The molecule has 0 fully saturated rings. The third-order valence-corrected chi connectivity index (χ3v) is 2.62. The molecule has 0 unspecified atom stereocenters. The van der Waals surface area contributed by atoms with Crippen molar-refractivity contribution in [1.29, 1.82) is 0 Å².